The maximum Gasteiger partial charge on any atom is 0.0827 e. The first kappa shape index (κ1) is 15.6. The van der Waals surface area contributed by atoms with Crippen molar-refractivity contribution in [2.75, 3.05) is 26.2 Å². The number of nitrogens with one attached hydrogen (secondary N) is 1. The van der Waals surface area contributed by atoms with E-state index in [9.17, 15) is 0 Å². The van der Waals surface area contributed by atoms with Crippen LogP contribution in [0.1, 0.15) is 31.4 Å². The van der Waals surface area contributed by atoms with Crippen LogP contribution in [0.15, 0.2) is 18.2 Å². The number of rotatable bonds is 4. The van der Waals surface area contributed by atoms with Gasteiger partial charge in [0.05, 0.1) is 12.7 Å². The van der Waals surface area contributed by atoms with Crippen LogP contribution in [-0.4, -0.2) is 43.3 Å². The Morgan fingerprint density at radius 3 is 3.10 bits per heavy atom. The third-order valence-electron chi connectivity index (χ3n) is 4.54. The van der Waals surface area contributed by atoms with E-state index < -0.39 is 0 Å². The highest BCUT2D eigenvalue weighted by Gasteiger charge is 2.32. The lowest BCUT2D eigenvalue weighted by Gasteiger charge is -2.35. The Morgan fingerprint density at radius 2 is 2.29 bits per heavy atom. The fourth-order valence-corrected chi connectivity index (χ4v) is 3.85. The standard InChI is InChI=1S/C16H22Cl2N2O/c1-11(15-5-4-12(17)7-16(15)18)19-8-14-9-20-6-2-3-13(20)10-21-14/h4-5,7,11,13-14,19H,2-3,6,8-10H2,1H3. The molecule has 2 saturated heterocycles. The van der Waals surface area contributed by atoms with Crippen molar-refractivity contribution in [1.82, 2.24) is 10.2 Å². The molecule has 0 amide bonds. The monoisotopic (exact) mass is 328 g/mol. The van der Waals surface area contributed by atoms with Crippen molar-refractivity contribution in [3.63, 3.8) is 0 Å². The summed E-state index contributed by atoms with van der Waals surface area (Å²) in [4.78, 5) is 2.57. The summed E-state index contributed by atoms with van der Waals surface area (Å²) in [5.41, 5.74) is 1.08. The van der Waals surface area contributed by atoms with Gasteiger partial charge in [-0.15, -0.1) is 0 Å². The molecule has 0 spiro atoms. The molecule has 2 fully saturated rings. The smallest absolute Gasteiger partial charge is 0.0827 e. The fraction of sp³-hybridized carbons (Fsp3) is 0.625. The molecule has 1 aromatic carbocycles. The van der Waals surface area contributed by atoms with Gasteiger partial charge in [0, 0.05) is 35.2 Å². The average Bonchev–Trinajstić information content (AvgIpc) is 2.92. The second kappa shape index (κ2) is 6.84. The van der Waals surface area contributed by atoms with Crippen molar-refractivity contribution in [3.8, 4) is 0 Å². The fourth-order valence-electron chi connectivity index (χ4n) is 3.28. The van der Waals surface area contributed by atoms with Crippen LogP contribution in [0.2, 0.25) is 10.0 Å². The Labute approximate surface area is 136 Å². The molecule has 2 aliphatic heterocycles. The third-order valence-corrected chi connectivity index (χ3v) is 5.10. The Bertz CT molecular complexity index is 497. The van der Waals surface area contributed by atoms with Crippen LogP contribution in [0.25, 0.3) is 0 Å². The molecule has 3 unspecified atom stereocenters. The minimum Gasteiger partial charge on any atom is -0.374 e. The van der Waals surface area contributed by atoms with Gasteiger partial charge in [0.2, 0.25) is 0 Å². The highest BCUT2D eigenvalue weighted by Crippen LogP contribution is 2.27. The number of benzene rings is 1. The molecule has 0 aromatic heterocycles. The van der Waals surface area contributed by atoms with E-state index in [0.717, 1.165) is 25.3 Å². The van der Waals surface area contributed by atoms with Gasteiger partial charge in [-0.3, -0.25) is 4.90 Å². The lowest BCUT2D eigenvalue weighted by molar-refractivity contribution is -0.0477. The van der Waals surface area contributed by atoms with E-state index >= 15 is 0 Å². The van der Waals surface area contributed by atoms with Gasteiger partial charge in [0.1, 0.15) is 0 Å². The summed E-state index contributed by atoms with van der Waals surface area (Å²) in [5, 5.41) is 4.92. The molecule has 0 radical (unpaired) electrons. The topological polar surface area (TPSA) is 24.5 Å². The average molecular weight is 329 g/mol. The molecular formula is C16H22Cl2N2O. The van der Waals surface area contributed by atoms with Crippen molar-refractivity contribution >= 4 is 23.2 Å². The Morgan fingerprint density at radius 1 is 1.43 bits per heavy atom. The molecule has 1 N–H and O–H groups in total. The number of nitrogens with zero attached hydrogens (tertiary/aromatic N) is 1. The van der Waals surface area contributed by atoms with E-state index in [0.29, 0.717) is 16.1 Å². The van der Waals surface area contributed by atoms with E-state index in [1.54, 1.807) is 6.07 Å². The van der Waals surface area contributed by atoms with E-state index in [4.69, 9.17) is 27.9 Å². The zero-order valence-corrected chi connectivity index (χ0v) is 13.8. The molecule has 0 aliphatic carbocycles. The third kappa shape index (κ3) is 3.72. The van der Waals surface area contributed by atoms with Gasteiger partial charge < -0.3 is 10.1 Å². The zero-order valence-electron chi connectivity index (χ0n) is 12.3. The summed E-state index contributed by atoms with van der Waals surface area (Å²) in [5.74, 6) is 0. The molecular weight excluding hydrogens is 307 g/mol. The maximum absolute atomic E-state index is 6.25. The largest absolute Gasteiger partial charge is 0.374 e. The second-order valence-electron chi connectivity index (χ2n) is 6.04. The van der Waals surface area contributed by atoms with E-state index in [2.05, 4.69) is 17.1 Å². The molecule has 116 valence electrons. The van der Waals surface area contributed by atoms with E-state index in [1.807, 2.05) is 12.1 Å². The van der Waals surface area contributed by atoms with Crippen LogP contribution in [0.3, 0.4) is 0 Å². The van der Waals surface area contributed by atoms with Gasteiger partial charge in [0.25, 0.3) is 0 Å². The summed E-state index contributed by atoms with van der Waals surface area (Å²) in [6.45, 7) is 6.12. The Balaban J connectivity index is 1.52. The van der Waals surface area contributed by atoms with Crippen LogP contribution in [-0.2, 0) is 4.74 Å². The summed E-state index contributed by atoms with van der Waals surface area (Å²) in [7, 11) is 0. The van der Waals surface area contributed by atoms with Crippen LogP contribution in [0, 0.1) is 0 Å². The van der Waals surface area contributed by atoms with Crippen molar-refractivity contribution in [2.45, 2.75) is 38.0 Å². The SMILES string of the molecule is CC(NCC1CN2CCCC2CO1)c1ccc(Cl)cc1Cl. The van der Waals surface area contributed by atoms with Gasteiger partial charge >= 0.3 is 0 Å². The number of hydrogen-bond donors (Lipinski definition) is 1. The molecule has 2 heterocycles. The molecule has 1 aromatic rings. The van der Waals surface area contributed by atoms with Crippen molar-refractivity contribution in [2.24, 2.45) is 0 Å². The molecule has 21 heavy (non-hydrogen) atoms. The first-order valence-electron chi connectivity index (χ1n) is 7.67. The first-order chi connectivity index (χ1) is 10.1. The van der Waals surface area contributed by atoms with Crippen molar-refractivity contribution in [1.29, 1.82) is 0 Å². The first-order valence-corrected chi connectivity index (χ1v) is 8.43. The van der Waals surface area contributed by atoms with Crippen LogP contribution >= 0.6 is 23.2 Å². The minimum atomic E-state index is 0.190. The minimum absolute atomic E-state index is 0.190. The van der Waals surface area contributed by atoms with Crippen molar-refractivity contribution in [3.05, 3.63) is 33.8 Å². The van der Waals surface area contributed by atoms with Crippen LogP contribution in [0.5, 0.6) is 0 Å². The lowest BCUT2D eigenvalue weighted by Crippen LogP contribution is -2.49. The summed E-state index contributed by atoms with van der Waals surface area (Å²) >= 11 is 12.2. The molecule has 2 aliphatic rings. The molecule has 3 rings (SSSR count). The molecule has 0 bridgehead atoms. The van der Waals surface area contributed by atoms with Gasteiger partial charge in [0.15, 0.2) is 0 Å². The molecule has 3 nitrogen and oxygen atoms in total. The Hall–Kier alpha value is -0.320. The highest BCUT2D eigenvalue weighted by molar-refractivity contribution is 6.35. The maximum atomic E-state index is 6.25. The van der Waals surface area contributed by atoms with Crippen molar-refractivity contribution < 1.29 is 4.74 Å². The predicted octanol–water partition coefficient (Wildman–Crippen LogP) is 3.51. The van der Waals surface area contributed by atoms with Crippen LogP contribution < -0.4 is 5.32 Å². The van der Waals surface area contributed by atoms with Gasteiger partial charge in [-0.25, -0.2) is 0 Å². The Kier molecular flexibility index (Phi) is 5.07. The number of hydrogen-bond acceptors (Lipinski definition) is 3. The van der Waals surface area contributed by atoms with Gasteiger partial charge in [-0.2, -0.15) is 0 Å². The number of morpholine rings is 1. The predicted molar refractivity (Wildman–Crippen MR) is 87.2 cm³/mol. The molecule has 5 heteroatoms. The van der Waals surface area contributed by atoms with Gasteiger partial charge in [-0.05, 0) is 44.0 Å². The quantitative estimate of drug-likeness (QED) is 0.915. The van der Waals surface area contributed by atoms with Gasteiger partial charge in [-0.1, -0.05) is 29.3 Å². The second-order valence-corrected chi connectivity index (χ2v) is 6.89. The summed E-state index contributed by atoms with van der Waals surface area (Å²) < 4.78 is 5.97. The highest BCUT2D eigenvalue weighted by atomic mass is 35.5. The number of ether oxygens (including phenoxy) is 1. The normalized spacial score (nSPS) is 27.6. The molecule has 3 atom stereocenters. The van der Waals surface area contributed by atoms with Crippen LogP contribution in [0.4, 0.5) is 0 Å². The van der Waals surface area contributed by atoms with E-state index in [1.165, 1.54) is 19.4 Å². The summed E-state index contributed by atoms with van der Waals surface area (Å²) in [6.07, 6.45) is 2.87. The number of halogens is 2. The lowest BCUT2D eigenvalue weighted by atomic mass is 10.1. The molecule has 0 saturated carbocycles. The zero-order chi connectivity index (χ0) is 14.8. The number of fused-ring (bicyclic) bond motifs is 1. The van der Waals surface area contributed by atoms with E-state index in [-0.39, 0.29) is 12.1 Å². The summed E-state index contributed by atoms with van der Waals surface area (Å²) in [6, 6.07) is 6.51.